The van der Waals surface area contributed by atoms with E-state index in [-0.39, 0.29) is 11.2 Å². The molecule has 1 spiro atoms. The average Bonchev–Trinajstić information content (AvgIpc) is 3.26. The fourth-order valence-electron chi connectivity index (χ4n) is 4.20. The van der Waals surface area contributed by atoms with Gasteiger partial charge in [0.05, 0.1) is 24.4 Å². The third-order valence-corrected chi connectivity index (χ3v) is 5.45. The summed E-state index contributed by atoms with van der Waals surface area (Å²) in [5, 5.41) is 0. The first kappa shape index (κ1) is 13.8. The van der Waals surface area contributed by atoms with Crippen molar-refractivity contribution in [2.75, 3.05) is 13.7 Å². The summed E-state index contributed by atoms with van der Waals surface area (Å²) < 4.78 is 17.8. The molecule has 1 unspecified atom stereocenters. The van der Waals surface area contributed by atoms with E-state index >= 15 is 0 Å². The molecule has 2 saturated heterocycles. The van der Waals surface area contributed by atoms with Crippen LogP contribution in [0.5, 0.6) is 0 Å². The quantitative estimate of drug-likeness (QED) is 0.718. The minimum absolute atomic E-state index is 0.00745. The van der Waals surface area contributed by atoms with Gasteiger partial charge in [-0.25, -0.2) is 0 Å². The number of rotatable bonds is 5. The van der Waals surface area contributed by atoms with Gasteiger partial charge in [-0.3, -0.25) is 0 Å². The van der Waals surface area contributed by atoms with Crippen molar-refractivity contribution in [2.45, 2.75) is 76.3 Å². The summed E-state index contributed by atoms with van der Waals surface area (Å²) in [6.45, 7) is 7.75. The van der Waals surface area contributed by atoms with Crippen LogP contribution in [0.1, 0.15) is 52.9 Å². The van der Waals surface area contributed by atoms with Gasteiger partial charge >= 0.3 is 0 Å². The molecular weight excluding hydrogens is 240 g/mol. The molecule has 1 saturated carbocycles. The topological polar surface area (TPSA) is 34.3 Å². The Labute approximate surface area is 117 Å². The van der Waals surface area contributed by atoms with Crippen LogP contribution in [0.4, 0.5) is 0 Å². The molecule has 3 fully saturated rings. The van der Waals surface area contributed by atoms with Crippen LogP contribution in [-0.4, -0.2) is 37.1 Å². The molecule has 2 aliphatic heterocycles. The number of ether oxygens (including phenoxy) is 3. The van der Waals surface area contributed by atoms with E-state index in [9.17, 15) is 0 Å². The maximum atomic E-state index is 6.14. The van der Waals surface area contributed by atoms with E-state index in [2.05, 4.69) is 20.8 Å². The predicted molar refractivity (Wildman–Crippen MR) is 74.2 cm³/mol. The first-order valence-electron chi connectivity index (χ1n) is 7.86. The first-order valence-corrected chi connectivity index (χ1v) is 7.86. The largest absolute Gasteiger partial charge is 0.381 e. The Kier molecular flexibility index (Phi) is 3.43. The molecule has 0 aromatic rings. The van der Waals surface area contributed by atoms with Gasteiger partial charge in [0.25, 0.3) is 0 Å². The Morgan fingerprint density at radius 2 is 2.11 bits per heavy atom. The van der Waals surface area contributed by atoms with Crippen molar-refractivity contribution >= 4 is 0 Å². The zero-order valence-corrected chi connectivity index (χ0v) is 12.8. The molecule has 0 bridgehead atoms. The summed E-state index contributed by atoms with van der Waals surface area (Å²) in [6.07, 6.45) is 6.72. The highest BCUT2D eigenvalue weighted by Crippen LogP contribution is 2.59. The maximum Gasteiger partial charge on any atom is 0.100 e. The van der Waals surface area contributed by atoms with Gasteiger partial charge in [-0.1, -0.05) is 13.8 Å². The standard InChI is InChI=1S/C16H28O3/c1-11(2)7-8-13-15(3,19-13)14-12(17-4)6-5-9-16(14)10-18-16/h11-14H,5-10H2,1-4H3/t12?,13-,14-,15+,16+/m1/s1. The highest BCUT2D eigenvalue weighted by molar-refractivity contribution is 5.17. The molecule has 2 heterocycles. The van der Waals surface area contributed by atoms with Crippen molar-refractivity contribution in [2.24, 2.45) is 11.8 Å². The van der Waals surface area contributed by atoms with E-state index in [1.807, 2.05) is 7.11 Å². The molecule has 110 valence electrons. The van der Waals surface area contributed by atoms with E-state index in [1.165, 1.54) is 25.7 Å². The Morgan fingerprint density at radius 1 is 1.37 bits per heavy atom. The van der Waals surface area contributed by atoms with Crippen LogP contribution in [0.2, 0.25) is 0 Å². The molecule has 3 rings (SSSR count). The van der Waals surface area contributed by atoms with Crippen molar-refractivity contribution in [3.63, 3.8) is 0 Å². The highest BCUT2D eigenvalue weighted by Gasteiger charge is 2.70. The summed E-state index contributed by atoms with van der Waals surface area (Å²) >= 11 is 0. The molecule has 3 aliphatic rings. The summed E-state index contributed by atoms with van der Waals surface area (Å²) in [5.74, 6) is 1.18. The van der Waals surface area contributed by atoms with Crippen molar-refractivity contribution in [1.29, 1.82) is 0 Å². The van der Waals surface area contributed by atoms with Crippen molar-refractivity contribution in [1.82, 2.24) is 0 Å². The number of methoxy groups -OCH3 is 1. The van der Waals surface area contributed by atoms with Crippen molar-refractivity contribution in [3.05, 3.63) is 0 Å². The molecule has 0 N–H and O–H groups in total. The van der Waals surface area contributed by atoms with E-state index in [1.54, 1.807) is 0 Å². The lowest BCUT2D eigenvalue weighted by Gasteiger charge is -2.38. The molecule has 0 radical (unpaired) electrons. The monoisotopic (exact) mass is 268 g/mol. The van der Waals surface area contributed by atoms with E-state index < -0.39 is 0 Å². The smallest absolute Gasteiger partial charge is 0.100 e. The average molecular weight is 268 g/mol. The Hall–Kier alpha value is -0.120. The highest BCUT2D eigenvalue weighted by atomic mass is 16.6. The van der Waals surface area contributed by atoms with Crippen LogP contribution in [-0.2, 0) is 14.2 Å². The van der Waals surface area contributed by atoms with Gasteiger partial charge in [-0.15, -0.1) is 0 Å². The van der Waals surface area contributed by atoms with E-state index in [0.717, 1.165) is 18.9 Å². The van der Waals surface area contributed by atoms with Gasteiger partial charge in [0.15, 0.2) is 0 Å². The van der Waals surface area contributed by atoms with Crippen LogP contribution in [0.25, 0.3) is 0 Å². The van der Waals surface area contributed by atoms with Crippen molar-refractivity contribution in [3.8, 4) is 0 Å². The fraction of sp³-hybridized carbons (Fsp3) is 1.00. The van der Waals surface area contributed by atoms with Gasteiger partial charge in [-0.05, 0) is 44.9 Å². The molecular formula is C16H28O3. The van der Waals surface area contributed by atoms with E-state index in [0.29, 0.717) is 18.1 Å². The van der Waals surface area contributed by atoms with Crippen molar-refractivity contribution < 1.29 is 14.2 Å². The summed E-state index contributed by atoms with van der Waals surface area (Å²) in [7, 11) is 1.84. The third-order valence-electron chi connectivity index (χ3n) is 5.45. The zero-order chi connectivity index (χ0) is 13.7. The summed E-state index contributed by atoms with van der Waals surface area (Å²) in [5.41, 5.74) is 0.0761. The molecule has 3 heteroatoms. The summed E-state index contributed by atoms with van der Waals surface area (Å²) in [6, 6.07) is 0. The summed E-state index contributed by atoms with van der Waals surface area (Å²) in [4.78, 5) is 0. The second-order valence-corrected chi connectivity index (χ2v) is 7.26. The van der Waals surface area contributed by atoms with Crippen LogP contribution >= 0.6 is 0 Å². The zero-order valence-electron chi connectivity index (χ0n) is 12.8. The first-order chi connectivity index (χ1) is 9.02. The fourth-order valence-corrected chi connectivity index (χ4v) is 4.20. The van der Waals surface area contributed by atoms with Gasteiger partial charge in [0.2, 0.25) is 0 Å². The Morgan fingerprint density at radius 3 is 2.68 bits per heavy atom. The second kappa shape index (κ2) is 4.71. The molecule has 19 heavy (non-hydrogen) atoms. The number of hydrogen-bond acceptors (Lipinski definition) is 3. The van der Waals surface area contributed by atoms with Gasteiger partial charge in [0.1, 0.15) is 5.60 Å². The SMILES string of the molecule is COC1CCC[C@]2(CO2)[C@H]1[C@@]1(C)O[C@@H]1CCC(C)C. The third kappa shape index (κ3) is 2.34. The molecule has 1 aliphatic carbocycles. The molecule has 5 atom stereocenters. The predicted octanol–water partition coefficient (Wildman–Crippen LogP) is 3.16. The Balaban J connectivity index is 1.69. The number of epoxide rings is 2. The molecule has 0 aromatic heterocycles. The van der Waals surface area contributed by atoms with Gasteiger partial charge in [-0.2, -0.15) is 0 Å². The minimum atomic E-state index is -0.00745. The number of hydrogen-bond donors (Lipinski definition) is 0. The second-order valence-electron chi connectivity index (χ2n) is 7.26. The van der Waals surface area contributed by atoms with Gasteiger partial charge in [0, 0.05) is 13.0 Å². The minimum Gasteiger partial charge on any atom is -0.381 e. The van der Waals surface area contributed by atoms with Crippen LogP contribution in [0.15, 0.2) is 0 Å². The van der Waals surface area contributed by atoms with Crippen LogP contribution < -0.4 is 0 Å². The lowest BCUT2D eigenvalue weighted by molar-refractivity contribution is -0.0492. The van der Waals surface area contributed by atoms with E-state index in [4.69, 9.17) is 14.2 Å². The van der Waals surface area contributed by atoms with Crippen LogP contribution in [0, 0.1) is 11.8 Å². The molecule has 3 nitrogen and oxygen atoms in total. The van der Waals surface area contributed by atoms with Crippen LogP contribution in [0.3, 0.4) is 0 Å². The molecule has 0 amide bonds. The lowest BCUT2D eigenvalue weighted by atomic mass is 9.69. The van der Waals surface area contributed by atoms with Gasteiger partial charge < -0.3 is 14.2 Å². The maximum absolute atomic E-state index is 6.14. The normalized spacial score (nSPS) is 48.8. The lowest BCUT2D eigenvalue weighted by Crippen LogP contribution is -2.48. The Bertz CT molecular complexity index is 337. The molecule has 0 aromatic carbocycles.